The van der Waals surface area contributed by atoms with Gasteiger partial charge in [0.2, 0.25) is 0 Å². The Morgan fingerprint density at radius 3 is 2.67 bits per heavy atom. The number of hydrogen-bond donors (Lipinski definition) is 0. The lowest BCUT2D eigenvalue weighted by atomic mass is 10.1. The standard InChI is InChI=1S/C22H18N2O3/c1-3-16-8-10-17(11-9-16)15-26-22(25)18(14-23)12-13-21-24(2)19-6-4-5-7-20(19)27-21/h3-13H,1,15H2,2H3/b18-12+,21-13-. The van der Waals surface area contributed by atoms with Crippen LogP contribution in [-0.2, 0) is 16.1 Å². The second-order valence-corrected chi connectivity index (χ2v) is 5.85. The molecule has 134 valence electrons. The number of rotatable bonds is 5. The third-order valence-electron chi connectivity index (χ3n) is 4.09. The van der Waals surface area contributed by atoms with E-state index in [0.29, 0.717) is 5.88 Å². The van der Waals surface area contributed by atoms with Crippen LogP contribution in [0.2, 0.25) is 0 Å². The number of hydrogen-bond acceptors (Lipinski definition) is 5. The first-order chi connectivity index (χ1) is 13.1. The van der Waals surface area contributed by atoms with E-state index in [1.807, 2.05) is 66.5 Å². The van der Waals surface area contributed by atoms with Crippen molar-refractivity contribution in [3.8, 4) is 11.8 Å². The largest absolute Gasteiger partial charge is 0.457 e. The highest BCUT2D eigenvalue weighted by Crippen LogP contribution is 2.37. The number of benzene rings is 2. The molecule has 2 aromatic rings. The van der Waals surface area contributed by atoms with E-state index < -0.39 is 5.97 Å². The Labute approximate surface area is 158 Å². The van der Waals surface area contributed by atoms with E-state index in [0.717, 1.165) is 22.6 Å². The minimum absolute atomic E-state index is 0.0910. The summed E-state index contributed by atoms with van der Waals surface area (Å²) in [5.74, 6) is 0.570. The number of para-hydroxylation sites is 2. The van der Waals surface area contributed by atoms with Crippen LogP contribution in [0.3, 0.4) is 0 Å². The Balaban J connectivity index is 1.66. The van der Waals surface area contributed by atoms with Gasteiger partial charge in [0, 0.05) is 13.1 Å². The lowest BCUT2D eigenvalue weighted by molar-refractivity contribution is -0.139. The van der Waals surface area contributed by atoms with E-state index in [4.69, 9.17) is 9.47 Å². The van der Waals surface area contributed by atoms with Crippen molar-refractivity contribution in [3.05, 3.63) is 89.8 Å². The lowest BCUT2D eigenvalue weighted by Crippen LogP contribution is -2.13. The van der Waals surface area contributed by atoms with Crippen LogP contribution < -0.4 is 9.64 Å². The molecule has 3 rings (SSSR count). The van der Waals surface area contributed by atoms with Gasteiger partial charge in [-0.2, -0.15) is 5.26 Å². The van der Waals surface area contributed by atoms with Crippen LogP contribution in [0.5, 0.6) is 5.75 Å². The topological polar surface area (TPSA) is 62.6 Å². The molecule has 0 unspecified atom stereocenters. The molecule has 5 nitrogen and oxygen atoms in total. The number of anilines is 1. The summed E-state index contributed by atoms with van der Waals surface area (Å²) in [5.41, 5.74) is 2.63. The zero-order valence-electron chi connectivity index (χ0n) is 14.9. The van der Waals surface area contributed by atoms with Crippen LogP contribution in [-0.4, -0.2) is 13.0 Å². The molecule has 0 amide bonds. The number of nitriles is 1. The average Bonchev–Trinajstić information content (AvgIpc) is 3.03. The number of allylic oxidation sites excluding steroid dienone is 2. The second-order valence-electron chi connectivity index (χ2n) is 5.85. The SMILES string of the molecule is C=Cc1ccc(COC(=O)/C(C#N)=C/C=C2\Oc3ccccc3N2C)cc1. The monoisotopic (exact) mass is 358 g/mol. The Bertz CT molecular complexity index is 966. The molecule has 0 aromatic heterocycles. The quantitative estimate of drug-likeness (QED) is 0.455. The first-order valence-electron chi connectivity index (χ1n) is 8.33. The smallest absolute Gasteiger partial charge is 0.349 e. The summed E-state index contributed by atoms with van der Waals surface area (Å²) in [6, 6.07) is 16.9. The van der Waals surface area contributed by atoms with E-state index in [-0.39, 0.29) is 12.2 Å². The Morgan fingerprint density at radius 2 is 2.00 bits per heavy atom. The number of fused-ring (bicyclic) bond motifs is 1. The molecule has 0 saturated heterocycles. The molecule has 0 saturated carbocycles. The molecule has 0 atom stereocenters. The molecule has 27 heavy (non-hydrogen) atoms. The average molecular weight is 358 g/mol. The van der Waals surface area contributed by atoms with Gasteiger partial charge in [-0.3, -0.25) is 0 Å². The number of carbonyl (C=O) groups excluding carboxylic acids is 1. The summed E-state index contributed by atoms with van der Waals surface area (Å²) in [6.07, 6.45) is 4.72. The zero-order chi connectivity index (χ0) is 19.2. The lowest BCUT2D eigenvalue weighted by Gasteiger charge is -2.10. The van der Waals surface area contributed by atoms with Gasteiger partial charge in [-0.25, -0.2) is 4.79 Å². The van der Waals surface area contributed by atoms with Crippen LogP contribution in [0, 0.1) is 11.3 Å². The number of esters is 1. The highest BCUT2D eigenvalue weighted by atomic mass is 16.5. The molecule has 5 heteroatoms. The van der Waals surface area contributed by atoms with Gasteiger partial charge in [-0.1, -0.05) is 49.1 Å². The molecule has 1 aliphatic rings. The molecule has 0 aliphatic carbocycles. The summed E-state index contributed by atoms with van der Waals surface area (Å²) >= 11 is 0. The number of ether oxygens (including phenoxy) is 2. The summed E-state index contributed by atoms with van der Waals surface area (Å²) < 4.78 is 10.9. The van der Waals surface area contributed by atoms with Crippen molar-refractivity contribution < 1.29 is 14.3 Å². The van der Waals surface area contributed by atoms with Gasteiger partial charge in [-0.05, 0) is 29.3 Å². The Hall–Kier alpha value is -3.78. The van der Waals surface area contributed by atoms with Gasteiger partial charge in [0.05, 0.1) is 5.69 Å². The predicted octanol–water partition coefficient (Wildman–Crippen LogP) is 4.19. The fourth-order valence-corrected chi connectivity index (χ4v) is 2.55. The third kappa shape index (κ3) is 4.07. The van der Waals surface area contributed by atoms with E-state index in [9.17, 15) is 10.1 Å². The van der Waals surface area contributed by atoms with E-state index in [1.54, 1.807) is 12.2 Å². The van der Waals surface area contributed by atoms with Crippen molar-refractivity contribution in [2.75, 3.05) is 11.9 Å². The van der Waals surface area contributed by atoms with Crippen molar-refractivity contribution in [2.24, 2.45) is 0 Å². The van der Waals surface area contributed by atoms with Crippen LogP contribution in [0.15, 0.2) is 78.7 Å². The highest BCUT2D eigenvalue weighted by molar-refractivity contribution is 5.93. The Kier molecular flexibility index (Phi) is 5.38. The molecule has 2 aromatic carbocycles. The molecule has 0 fully saturated rings. The fourth-order valence-electron chi connectivity index (χ4n) is 2.55. The van der Waals surface area contributed by atoms with Crippen LogP contribution in [0.1, 0.15) is 11.1 Å². The number of nitrogens with zero attached hydrogens (tertiary/aromatic N) is 2. The minimum Gasteiger partial charge on any atom is -0.457 e. The van der Waals surface area contributed by atoms with E-state index in [2.05, 4.69) is 6.58 Å². The van der Waals surface area contributed by atoms with Crippen molar-refractivity contribution in [2.45, 2.75) is 6.61 Å². The predicted molar refractivity (Wildman–Crippen MR) is 104 cm³/mol. The van der Waals surface area contributed by atoms with Crippen LogP contribution in [0.4, 0.5) is 5.69 Å². The van der Waals surface area contributed by atoms with Gasteiger partial charge in [0.15, 0.2) is 11.6 Å². The maximum Gasteiger partial charge on any atom is 0.349 e. The zero-order valence-corrected chi connectivity index (χ0v) is 14.9. The van der Waals surface area contributed by atoms with Gasteiger partial charge < -0.3 is 14.4 Å². The van der Waals surface area contributed by atoms with E-state index >= 15 is 0 Å². The first-order valence-corrected chi connectivity index (χ1v) is 8.33. The molecule has 1 heterocycles. The molecule has 0 radical (unpaired) electrons. The summed E-state index contributed by atoms with van der Waals surface area (Å²) in [6.45, 7) is 3.78. The summed E-state index contributed by atoms with van der Waals surface area (Å²) in [4.78, 5) is 14.0. The van der Waals surface area contributed by atoms with Crippen molar-refractivity contribution in [1.82, 2.24) is 0 Å². The van der Waals surface area contributed by atoms with Gasteiger partial charge in [0.1, 0.15) is 18.2 Å². The highest BCUT2D eigenvalue weighted by Gasteiger charge is 2.21. The molecule has 0 spiro atoms. The fraction of sp³-hybridized carbons (Fsp3) is 0.0909. The van der Waals surface area contributed by atoms with Crippen molar-refractivity contribution >= 4 is 17.7 Å². The maximum atomic E-state index is 12.2. The van der Waals surface area contributed by atoms with Gasteiger partial charge in [0.25, 0.3) is 0 Å². The van der Waals surface area contributed by atoms with Crippen molar-refractivity contribution in [3.63, 3.8) is 0 Å². The molecule has 1 aliphatic heterocycles. The maximum absolute atomic E-state index is 12.2. The molecule has 0 N–H and O–H groups in total. The first kappa shape index (κ1) is 18.0. The molecular weight excluding hydrogens is 340 g/mol. The number of carbonyl (C=O) groups is 1. The minimum atomic E-state index is -0.680. The Morgan fingerprint density at radius 1 is 1.26 bits per heavy atom. The van der Waals surface area contributed by atoms with Gasteiger partial charge in [-0.15, -0.1) is 0 Å². The van der Waals surface area contributed by atoms with Crippen LogP contribution in [0.25, 0.3) is 6.08 Å². The molecule has 0 bridgehead atoms. The van der Waals surface area contributed by atoms with Crippen molar-refractivity contribution in [1.29, 1.82) is 5.26 Å². The van der Waals surface area contributed by atoms with E-state index in [1.165, 1.54) is 6.08 Å². The second kappa shape index (κ2) is 8.07. The summed E-state index contributed by atoms with van der Waals surface area (Å²) in [5, 5.41) is 9.26. The normalized spacial score (nSPS) is 14.3. The van der Waals surface area contributed by atoms with Gasteiger partial charge >= 0.3 is 5.97 Å². The third-order valence-corrected chi connectivity index (χ3v) is 4.09. The summed E-state index contributed by atoms with van der Waals surface area (Å²) in [7, 11) is 1.85. The molecular formula is C22H18N2O3. The van der Waals surface area contributed by atoms with Crippen LogP contribution >= 0.6 is 0 Å².